The van der Waals surface area contributed by atoms with Crippen molar-refractivity contribution >= 4 is 5.97 Å². The minimum Gasteiger partial charge on any atom is -0.502 e. The van der Waals surface area contributed by atoms with Gasteiger partial charge in [0.2, 0.25) is 5.75 Å². The van der Waals surface area contributed by atoms with Crippen LogP contribution in [0.25, 0.3) is 0 Å². The predicted octanol–water partition coefficient (Wildman–Crippen LogP) is 3.78. The Morgan fingerprint density at radius 2 is 1.52 bits per heavy atom. The summed E-state index contributed by atoms with van der Waals surface area (Å²) >= 11 is 0. The summed E-state index contributed by atoms with van der Waals surface area (Å²) in [4.78, 5) is 12.5. The van der Waals surface area contributed by atoms with Crippen molar-refractivity contribution in [3.63, 3.8) is 0 Å². The molecule has 0 spiro atoms. The SMILES string of the molecule is CCOc1cc(C[C@H]2C(=O)OC[C@@H]2Cc2ccc(OC)c(OC)c2)cc(OCC)c1O. The van der Waals surface area contributed by atoms with Crippen LogP contribution in [0.2, 0.25) is 0 Å². The van der Waals surface area contributed by atoms with Crippen LogP contribution in [-0.4, -0.2) is 45.1 Å². The average molecular weight is 430 g/mol. The number of rotatable bonds is 10. The molecule has 0 bridgehead atoms. The Balaban J connectivity index is 1.82. The minimum absolute atomic E-state index is 0.0190. The molecule has 2 aromatic carbocycles. The monoisotopic (exact) mass is 430 g/mol. The van der Waals surface area contributed by atoms with Crippen LogP contribution in [0.1, 0.15) is 25.0 Å². The molecule has 31 heavy (non-hydrogen) atoms. The second-order valence-electron chi connectivity index (χ2n) is 7.40. The summed E-state index contributed by atoms with van der Waals surface area (Å²) in [5, 5.41) is 10.4. The lowest BCUT2D eigenvalue weighted by Gasteiger charge is -2.18. The molecule has 1 saturated heterocycles. The summed E-state index contributed by atoms with van der Waals surface area (Å²) in [7, 11) is 3.20. The zero-order chi connectivity index (χ0) is 22.4. The molecule has 2 aromatic rings. The highest BCUT2D eigenvalue weighted by molar-refractivity contribution is 5.75. The number of methoxy groups -OCH3 is 2. The van der Waals surface area contributed by atoms with E-state index >= 15 is 0 Å². The van der Waals surface area contributed by atoms with Gasteiger partial charge in [0.1, 0.15) is 0 Å². The Morgan fingerprint density at radius 3 is 2.10 bits per heavy atom. The van der Waals surface area contributed by atoms with Crippen molar-refractivity contribution in [2.45, 2.75) is 26.7 Å². The van der Waals surface area contributed by atoms with Crippen molar-refractivity contribution < 1.29 is 33.6 Å². The van der Waals surface area contributed by atoms with Crippen LogP contribution in [-0.2, 0) is 22.4 Å². The van der Waals surface area contributed by atoms with Gasteiger partial charge in [0.25, 0.3) is 0 Å². The van der Waals surface area contributed by atoms with E-state index in [0.29, 0.717) is 55.7 Å². The van der Waals surface area contributed by atoms with E-state index in [1.54, 1.807) is 26.4 Å². The molecule has 1 heterocycles. The van der Waals surface area contributed by atoms with Crippen LogP contribution in [0.4, 0.5) is 0 Å². The lowest BCUT2D eigenvalue weighted by molar-refractivity contribution is -0.141. The zero-order valence-corrected chi connectivity index (χ0v) is 18.5. The molecule has 0 aliphatic carbocycles. The van der Waals surface area contributed by atoms with Gasteiger partial charge in [-0.3, -0.25) is 4.79 Å². The normalized spacial score (nSPS) is 17.9. The van der Waals surface area contributed by atoms with Crippen LogP contribution in [0, 0.1) is 11.8 Å². The molecule has 1 aliphatic heterocycles. The first-order valence-electron chi connectivity index (χ1n) is 10.5. The fraction of sp³-hybridized carbons (Fsp3) is 0.458. The van der Waals surface area contributed by atoms with Crippen LogP contribution in [0.5, 0.6) is 28.7 Å². The Bertz CT molecular complexity index is 882. The summed E-state index contributed by atoms with van der Waals surface area (Å²) in [6, 6.07) is 9.30. The number of carbonyl (C=O) groups excluding carboxylic acids is 1. The van der Waals surface area contributed by atoms with Crippen LogP contribution in [0.15, 0.2) is 30.3 Å². The van der Waals surface area contributed by atoms with Crippen LogP contribution < -0.4 is 18.9 Å². The number of aromatic hydroxyl groups is 1. The minimum atomic E-state index is -0.304. The Labute approximate surface area is 182 Å². The smallest absolute Gasteiger partial charge is 0.309 e. The summed E-state index contributed by atoms with van der Waals surface area (Å²) in [5.41, 5.74) is 1.90. The summed E-state index contributed by atoms with van der Waals surface area (Å²) in [5.74, 6) is 1.50. The molecule has 0 saturated carbocycles. The highest BCUT2D eigenvalue weighted by Crippen LogP contribution is 2.40. The number of hydrogen-bond acceptors (Lipinski definition) is 7. The standard InChI is InChI=1S/C24H30O7/c1-5-29-21-12-16(13-22(23(21)25)30-6-2)10-18-17(14-31-24(18)26)9-15-7-8-19(27-3)20(11-15)28-4/h7-8,11-13,17-18,25H,5-6,9-10,14H2,1-4H3/t17-,18+/m0/s1. The summed E-state index contributed by atoms with van der Waals surface area (Å²) in [6.45, 7) is 4.89. The molecule has 0 radical (unpaired) electrons. The maximum absolute atomic E-state index is 12.5. The molecule has 0 amide bonds. The molecule has 0 aromatic heterocycles. The van der Waals surface area contributed by atoms with Gasteiger partial charge in [0, 0.05) is 5.92 Å². The fourth-order valence-corrected chi connectivity index (χ4v) is 3.91. The maximum Gasteiger partial charge on any atom is 0.309 e. The number of esters is 1. The molecular formula is C24H30O7. The third-order valence-electron chi connectivity index (χ3n) is 5.41. The molecule has 1 fully saturated rings. The predicted molar refractivity (Wildman–Crippen MR) is 115 cm³/mol. The number of cyclic esters (lactones) is 1. The van der Waals surface area contributed by atoms with Gasteiger partial charge in [0.15, 0.2) is 23.0 Å². The average Bonchev–Trinajstić information content (AvgIpc) is 3.10. The van der Waals surface area contributed by atoms with E-state index in [-0.39, 0.29) is 23.6 Å². The lowest BCUT2D eigenvalue weighted by Crippen LogP contribution is -2.20. The Kier molecular flexibility index (Phi) is 7.50. The molecule has 2 atom stereocenters. The number of phenols is 1. The van der Waals surface area contributed by atoms with E-state index in [4.69, 9.17) is 23.7 Å². The molecule has 7 heteroatoms. The molecular weight excluding hydrogens is 400 g/mol. The van der Waals surface area contributed by atoms with Crippen LogP contribution in [0.3, 0.4) is 0 Å². The van der Waals surface area contributed by atoms with Crippen LogP contribution >= 0.6 is 0 Å². The summed E-state index contributed by atoms with van der Waals surface area (Å²) in [6.07, 6.45) is 1.14. The van der Waals surface area contributed by atoms with Gasteiger partial charge >= 0.3 is 5.97 Å². The van der Waals surface area contributed by atoms with Gasteiger partial charge in [-0.25, -0.2) is 0 Å². The van der Waals surface area contributed by atoms with Gasteiger partial charge in [-0.05, 0) is 62.1 Å². The van der Waals surface area contributed by atoms with Crippen molar-refractivity contribution in [2.24, 2.45) is 11.8 Å². The third kappa shape index (κ3) is 5.16. The molecule has 168 valence electrons. The number of ether oxygens (including phenoxy) is 5. The highest BCUT2D eigenvalue weighted by atomic mass is 16.5. The van der Waals surface area contributed by atoms with Crippen molar-refractivity contribution in [1.29, 1.82) is 0 Å². The molecule has 7 nitrogen and oxygen atoms in total. The first kappa shape index (κ1) is 22.6. The van der Waals surface area contributed by atoms with Crippen molar-refractivity contribution in [1.82, 2.24) is 0 Å². The maximum atomic E-state index is 12.5. The highest BCUT2D eigenvalue weighted by Gasteiger charge is 2.37. The zero-order valence-electron chi connectivity index (χ0n) is 18.5. The third-order valence-corrected chi connectivity index (χ3v) is 5.41. The number of carbonyl (C=O) groups is 1. The first-order chi connectivity index (χ1) is 15.0. The molecule has 1 N–H and O–H groups in total. The quantitative estimate of drug-likeness (QED) is 0.574. The molecule has 3 rings (SSSR count). The number of hydrogen-bond donors (Lipinski definition) is 1. The number of phenolic OH excluding ortho intramolecular Hbond substituents is 1. The summed E-state index contributed by atoms with van der Waals surface area (Å²) < 4.78 is 27.2. The lowest BCUT2D eigenvalue weighted by atomic mass is 9.85. The Hall–Kier alpha value is -3.09. The van der Waals surface area contributed by atoms with E-state index < -0.39 is 0 Å². The van der Waals surface area contributed by atoms with E-state index in [1.807, 2.05) is 32.0 Å². The van der Waals surface area contributed by atoms with Gasteiger partial charge in [0.05, 0.1) is 40.0 Å². The van der Waals surface area contributed by atoms with E-state index in [0.717, 1.165) is 11.1 Å². The fourth-order valence-electron chi connectivity index (χ4n) is 3.91. The number of benzene rings is 2. The van der Waals surface area contributed by atoms with Gasteiger partial charge in [-0.2, -0.15) is 0 Å². The van der Waals surface area contributed by atoms with E-state index in [2.05, 4.69) is 0 Å². The topological polar surface area (TPSA) is 83.5 Å². The van der Waals surface area contributed by atoms with Gasteiger partial charge in [-0.1, -0.05) is 6.07 Å². The van der Waals surface area contributed by atoms with Gasteiger partial charge in [-0.15, -0.1) is 0 Å². The second kappa shape index (κ2) is 10.3. The molecule has 0 unspecified atom stereocenters. The Morgan fingerprint density at radius 1 is 0.903 bits per heavy atom. The van der Waals surface area contributed by atoms with Crippen molar-refractivity contribution in [3.05, 3.63) is 41.5 Å². The van der Waals surface area contributed by atoms with E-state index in [1.165, 1.54) is 0 Å². The van der Waals surface area contributed by atoms with Crippen molar-refractivity contribution in [3.8, 4) is 28.7 Å². The molecule has 1 aliphatic rings. The largest absolute Gasteiger partial charge is 0.502 e. The first-order valence-corrected chi connectivity index (χ1v) is 10.5. The van der Waals surface area contributed by atoms with Gasteiger partial charge < -0.3 is 28.8 Å². The second-order valence-corrected chi connectivity index (χ2v) is 7.40. The van der Waals surface area contributed by atoms with E-state index in [9.17, 15) is 9.90 Å². The van der Waals surface area contributed by atoms with Crippen molar-refractivity contribution in [2.75, 3.05) is 34.0 Å².